The molecule has 0 aliphatic heterocycles. The molecular formula is C86H125BrF6N12O8P+. The van der Waals surface area contributed by atoms with Gasteiger partial charge in [0.05, 0.1) is 53.5 Å². The van der Waals surface area contributed by atoms with E-state index in [0.717, 1.165) is 115 Å². The quantitative estimate of drug-likeness (QED) is 0.00700. The molecule has 3 aliphatic rings. The SMILES string of the molecule is Br.CC(C)(C)OC(=O)Nc1cn(C2CCC(/C=C/CCCCC#N)CC2)nc1C(F)F.CC(C)(C)OC(=O)Nc1cn(C2CCC(C=O)CC2)nc1C(F)F.CC(C)(C)OC(=O)Nc1cn(C2CCC(CCCCCCCN)CC2)nc1C(F)F.CCO.N#CCCCCC[P+](c1ccccc1)(c1ccccc1)c1ccccc1. The topological polar surface area (TPSA) is 279 Å². The molecular weight excluding hydrogens is 1550 g/mol. The number of aliphatic hydroxyl groups is 1. The Labute approximate surface area is 683 Å². The van der Waals surface area contributed by atoms with E-state index in [2.05, 4.69) is 147 Å². The number of nitrogens with one attached hydrogen (secondary N) is 3. The van der Waals surface area contributed by atoms with Gasteiger partial charge in [-0.3, -0.25) is 30.0 Å². The Bertz CT molecular complexity index is 3740. The van der Waals surface area contributed by atoms with Crippen molar-refractivity contribution in [3.8, 4) is 12.1 Å². The fourth-order valence-corrected chi connectivity index (χ4v) is 18.4. The minimum absolute atomic E-state index is 0. The average molecular weight is 1680 g/mol. The Morgan fingerprint density at radius 3 is 1.18 bits per heavy atom. The summed E-state index contributed by atoms with van der Waals surface area (Å²) < 4.78 is 100. The fraction of sp³-hybridized carbons (Fsp3) is 0.593. The molecule has 3 amide bonds. The highest BCUT2D eigenvalue weighted by Crippen LogP contribution is 2.56. The number of carbonyl (C=O) groups is 4. The zero-order valence-electron chi connectivity index (χ0n) is 68.4. The van der Waals surface area contributed by atoms with Crippen molar-refractivity contribution in [1.82, 2.24) is 29.3 Å². The molecule has 6 N–H and O–H groups in total. The number of halogens is 7. The van der Waals surface area contributed by atoms with Gasteiger partial charge in [0.25, 0.3) is 19.3 Å². The van der Waals surface area contributed by atoms with Crippen molar-refractivity contribution in [2.75, 3.05) is 35.3 Å². The molecule has 3 aromatic carbocycles. The van der Waals surface area contributed by atoms with E-state index in [9.17, 15) is 45.5 Å². The van der Waals surface area contributed by atoms with Crippen LogP contribution in [-0.2, 0) is 19.0 Å². The Morgan fingerprint density at radius 2 is 0.842 bits per heavy atom. The van der Waals surface area contributed by atoms with Gasteiger partial charge in [-0.15, -0.1) is 17.0 Å². The van der Waals surface area contributed by atoms with E-state index < -0.39 is 78.7 Å². The molecule has 3 saturated carbocycles. The number of amides is 3. The molecule has 0 bridgehead atoms. The monoisotopic (exact) mass is 1680 g/mol. The number of anilines is 3. The first-order valence-electron chi connectivity index (χ1n) is 40.2. The number of aldehydes is 1. The molecule has 0 spiro atoms. The van der Waals surface area contributed by atoms with Gasteiger partial charge in [0.15, 0.2) is 17.1 Å². The third kappa shape index (κ3) is 35.2. The lowest BCUT2D eigenvalue weighted by Gasteiger charge is -2.28. The van der Waals surface area contributed by atoms with E-state index in [4.69, 9.17) is 35.6 Å². The molecule has 3 heterocycles. The zero-order valence-corrected chi connectivity index (χ0v) is 71.0. The average Bonchev–Trinajstić information content (AvgIpc) is 1.31. The molecule has 114 heavy (non-hydrogen) atoms. The number of hydrogen-bond donors (Lipinski definition) is 5. The van der Waals surface area contributed by atoms with Gasteiger partial charge >= 0.3 is 18.3 Å². The summed E-state index contributed by atoms with van der Waals surface area (Å²) >= 11 is 0. The number of benzene rings is 3. The smallest absolute Gasteiger partial charge is 0.412 e. The summed E-state index contributed by atoms with van der Waals surface area (Å²) in [5.41, 5.74) is 2.06. The van der Waals surface area contributed by atoms with Crippen LogP contribution in [0.25, 0.3) is 0 Å². The summed E-state index contributed by atoms with van der Waals surface area (Å²) in [4.78, 5) is 46.6. The molecule has 0 atom stereocenters. The van der Waals surface area contributed by atoms with Gasteiger partial charge in [-0.25, -0.2) is 40.7 Å². The molecule has 28 heteroatoms. The van der Waals surface area contributed by atoms with E-state index in [1.54, 1.807) is 78.6 Å². The van der Waals surface area contributed by atoms with Crippen molar-refractivity contribution in [2.24, 2.45) is 23.5 Å². The Morgan fingerprint density at radius 1 is 0.518 bits per heavy atom. The van der Waals surface area contributed by atoms with Gasteiger partial charge in [-0.05, 0) is 246 Å². The van der Waals surface area contributed by atoms with Crippen LogP contribution in [0.4, 0.5) is 57.8 Å². The predicted molar refractivity (Wildman–Crippen MR) is 447 cm³/mol. The maximum Gasteiger partial charge on any atom is 0.412 e. The van der Waals surface area contributed by atoms with Crippen LogP contribution in [0.15, 0.2) is 122 Å². The van der Waals surface area contributed by atoms with Crippen molar-refractivity contribution < 1.29 is 64.8 Å². The van der Waals surface area contributed by atoms with Gasteiger partial charge in [0.1, 0.15) is 46.3 Å². The van der Waals surface area contributed by atoms with E-state index in [1.807, 2.05) is 0 Å². The molecule has 3 aromatic heterocycles. The third-order valence-corrected chi connectivity index (χ3v) is 24.0. The van der Waals surface area contributed by atoms with Crippen molar-refractivity contribution in [1.29, 1.82) is 10.5 Å². The van der Waals surface area contributed by atoms with E-state index >= 15 is 0 Å². The molecule has 630 valence electrons. The van der Waals surface area contributed by atoms with Crippen LogP contribution in [0.5, 0.6) is 0 Å². The van der Waals surface area contributed by atoms with Crippen molar-refractivity contribution in [3.63, 3.8) is 0 Å². The Balaban J connectivity index is 0.000000316. The minimum Gasteiger partial charge on any atom is -0.444 e. The first-order chi connectivity index (χ1) is 53.9. The summed E-state index contributed by atoms with van der Waals surface area (Å²) in [6.07, 6.45) is 25.6. The highest BCUT2D eigenvalue weighted by atomic mass is 79.9. The first-order valence-corrected chi connectivity index (χ1v) is 42.2. The van der Waals surface area contributed by atoms with Crippen LogP contribution in [0.3, 0.4) is 0 Å². The lowest BCUT2D eigenvalue weighted by Crippen LogP contribution is -2.33. The van der Waals surface area contributed by atoms with Gasteiger partial charge in [-0.1, -0.05) is 98.9 Å². The number of carbonyl (C=O) groups excluding carboxylic acids is 4. The van der Waals surface area contributed by atoms with E-state index in [0.29, 0.717) is 50.4 Å². The molecule has 0 unspecified atom stereocenters. The molecule has 3 aliphatic carbocycles. The van der Waals surface area contributed by atoms with Gasteiger partial charge in [0, 0.05) is 44.0 Å². The fourth-order valence-electron chi connectivity index (χ4n) is 14.0. The maximum atomic E-state index is 13.4. The van der Waals surface area contributed by atoms with Crippen molar-refractivity contribution >= 4 is 81.8 Å². The van der Waals surface area contributed by atoms with Crippen LogP contribution < -0.4 is 37.6 Å². The normalized spacial score (nSPS) is 17.6. The number of hydrogen-bond acceptors (Lipinski definition) is 14. The van der Waals surface area contributed by atoms with Crippen LogP contribution in [0, 0.1) is 40.4 Å². The van der Waals surface area contributed by atoms with Crippen molar-refractivity contribution in [2.45, 2.75) is 290 Å². The number of unbranched alkanes of at least 4 members (excludes halogenated alkanes) is 10. The van der Waals surface area contributed by atoms with E-state index in [1.165, 1.54) is 71.3 Å². The number of aromatic nitrogens is 6. The number of aliphatic hydroxyl groups excluding tert-OH is 1. The van der Waals surface area contributed by atoms with Crippen LogP contribution in [0.2, 0.25) is 0 Å². The number of allylic oxidation sites excluding steroid dienone is 2. The number of alkyl halides is 6. The highest BCUT2D eigenvalue weighted by Gasteiger charge is 2.45. The number of nitrogens with zero attached hydrogens (tertiary/aromatic N) is 8. The summed E-state index contributed by atoms with van der Waals surface area (Å²) in [5.74, 6) is 1.23. The van der Waals surface area contributed by atoms with Gasteiger partial charge in [-0.2, -0.15) is 25.8 Å². The molecule has 6 aromatic rings. The number of nitriles is 2. The lowest BCUT2D eigenvalue weighted by atomic mass is 9.83. The second-order valence-corrected chi connectivity index (χ2v) is 35.6. The maximum absolute atomic E-state index is 13.4. The lowest BCUT2D eigenvalue weighted by molar-refractivity contribution is -0.112. The molecule has 20 nitrogen and oxygen atoms in total. The standard InChI is InChI=1S/C24H25NP.C22H38F2N4O2.C22H32F2N4O2.C16H23F2N3O3.C2H6O.BrH/c25-20-12-1-2-13-21-26(22-14-6-3-7-15-22,23-16-8-4-9-17-23)24-18-10-5-11-19-24;2*1-22(2,3)30-21(29)26-18-15-28(27-19(18)20(23)24)17-12-10-16(11-13-17)9-7-5-4-6-8-14-25;1-16(2,3)24-15(23)19-12-8-21(20-13(12)14(17)18)11-6-4-10(9-22)5-7-11;1-2-3;/h3-11,14-19H,1-2,12-13,21H2;15-17,20H,4-14,25H2,1-3H3,(H,26,29);7,9,15-17,20H,4-6,8,10-13H2,1-3H3,(H,26,29);8-11,14H,4-7H2,1-3H3,(H,19,23);3H,2H2,1H3;1H/q+1;;;;;/b;;9-7+;;;. The summed E-state index contributed by atoms with van der Waals surface area (Å²) in [5, 5.41) is 48.5. The molecule has 0 saturated heterocycles. The predicted octanol–water partition coefficient (Wildman–Crippen LogP) is 22.5. The van der Waals surface area contributed by atoms with Crippen molar-refractivity contribution in [3.05, 3.63) is 139 Å². The van der Waals surface area contributed by atoms with Gasteiger partial charge in [0.2, 0.25) is 0 Å². The Kier molecular flexibility index (Phi) is 44.0. The molecule has 0 radical (unpaired) electrons. The summed E-state index contributed by atoms with van der Waals surface area (Å²) in [7, 11) is -1.68. The minimum atomic E-state index is -2.80. The molecule has 3 fully saturated rings. The van der Waals surface area contributed by atoms with Gasteiger partial charge < -0.3 is 29.8 Å². The number of nitrogens with two attached hydrogens (primary N) is 1. The highest BCUT2D eigenvalue weighted by molar-refractivity contribution is 8.93. The number of rotatable bonds is 30. The number of ether oxygens (including phenoxy) is 3. The summed E-state index contributed by atoms with van der Waals surface area (Å²) in [6, 6.07) is 37.5. The summed E-state index contributed by atoms with van der Waals surface area (Å²) in [6.45, 7) is 18.1. The second kappa shape index (κ2) is 51.1. The second-order valence-electron chi connectivity index (χ2n) is 32.0. The first kappa shape index (κ1) is 98.3. The molecule has 9 rings (SSSR count). The zero-order chi connectivity index (χ0) is 83.0. The van der Waals surface area contributed by atoms with Crippen LogP contribution >= 0.6 is 24.2 Å². The van der Waals surface area contributed by atoms with Crippen LogP contribution in [0.1, 0.15) is 291 Å². The third-order valence-electron chi connectivity index (χ3n) is 19.4. The Hall–Kier alpha value is -8.10. The largest absolute Gasteiger partial charge is 0.444 e. The van der Waals surface area contributed by atoms with Crippen LogP contribution in [-0.4, -0.2) is 95.1 Å². The van der Waals surface area contributed by atoms with E-state index in [-0.39, 0.29) is 64.7 Å².